The van der Waals surface area contributed by atoms with Crippen LogP contribution in [0.1, 0.15) is 5.56 Å². The van der Waals surface area contributed by atoms with E-state index in [1.165, 1.54) is 0 Å². The van der Waals surface area contributed by atoms with Crippen LogP contribution in [0.3, 0.4) is 0 Å². The van der Waals surface area contributed by atoms with E-state index in [-0.39, 0.29) is 0 Å². The Kier molecular flexibility index (Phi) is 2.69. The summed E-state index contributed by atoms with van der Waals surface area (Å²) in [6, 6.07) is 8.05. The van der Waals surface area contributed by atoms with Crippen LogP contribution in [0.15, 0.2) is 43.0 Å². The number of aromatic nitrogens is 4. The molecule has 1 aromatic carbocycles. The van der Waals surface area contributed by atoms with Gasteiger partial charge in [-0.1, -0.05) is 6.07 Å². The van der Waals surface area contributed by atoms with Crippen LogP contribution < -0.4 is 5.32 Å². The van der Waals surface area contributed by atoms with Crippen molar-refractivity contribution in [1.82, 2.24) is 19.4 Å². The smallest absolute Gasteiger partial charge is 0.212 e. The van der Waals surface area contributed by atoms with E-state index in [0.717, 1.165) is 33.4 Å². The molecule has 4 aromatic rings. The van der Waals surface area contributed by atoms with Gasteiger partial charge in [0.2, 0.25) is 6.41 Å². The number of nitrogens with zero attached hydrogens (tertiary/aromatic N) is 3. The van der Waals surface area contributed by atoms with Gasteiger partial charge in [0.05, 0.1) is 23.6 Å². The lowest BCUT2D eigenvalue weighted by Gasteiger charge is -2.07. The molecule has 0 saturated carbocycles. The molecule has 22 heavy (non-hydrogen) atoms. The highest BCUT2D eigenvalue weighted by Crippen LogP contribution is 2.30. The molecular weight excluding hydrogens is 278 g/mol. The van der Waals surface area contributed by atoms with Crippen molar-refractivity contribution in [3.8, 4) is 11.1 Å². The number of aryl methyl sites for hydroxylation is 1. The Morgan fingerprint density at radius 2 is 2.14 bits per heavy atom. The summed E-state index contributed by atoms with van der Waals surface area (Å²) in [5.74, 6) is 0.529. The summed E-state index contributed by atoms with van der Waals surface area (Å²) >= 11 is 0. The third-order valence-corrected chi connectivity index (χ3v) is 3.75. The molecule has 0 aliphatic heterocycles. The number of fused-ring (bicyclic) bond motifs is 2. The van der Waals surface area contributed by atoms with E-state index in [0.29, 0.717) is 12.2 Å². The van der Waals surface area contributed by atoms with Crippen molar-refractivity contribution < 1.29 is 4.79 Å². The third-order valence-electron chi connectivity index (χ3n) is 3.75. The van der Waals surface area contributed by atoms with Crippen molar-refractivity contribution in [1.29, 1.82) is 0 Å². The average molecular weight is 291 g/mol. The van der Waals surface area contributed by atoms with Gasteiger partial charge in [-0.15, -0.1) is 0 Å². The van der Waals surface area contributed by atoms with Crippen molar-refractivity contribution in [2.24, 2.45) is 0 Å². The summed E-state index contributed by atoms with van der Waals surface area (Å²) < 4.78 is 1.89. The van der Waals surface area contributed by atoms with Crippen LogP contribution in [0.2, 0.25) is 0 Å². The van der Waals surface area contributed by atoms with Crippen LogP contribution in [-0.2, 0) is 4.79 Å². The second kappa shape index (κ2) is 4.70. The second-order valence-corrected chi connectivity index (χ2v) is 5.13. The number of hydrogen-bond donors (Lipinski definition) is 2. The van der Waals surface area contributed by atoms with Gasteiger partial charge in [0.25, 0.3) is 0 Å². The largest absolute Gasteiger partial charge is 0.345 e. The molecule has 108 valence electrons. The normalized spacial score (nSPS) is 11.1. The second-order valence-electron chi connectivity index (χ2n) is 5.13. The quantitative estimate of drug-likeness (QED) is 0.570. The maximum atomic E-state index is 10.5. The van der Waals surface area contributed by atoms with Crippen molar-refractivity contribution in [2.75, 3.05) is 5.32 Å². The SMILES string of the molecule is Cc1ccc2[nH]cnc2c1-c1ccc2nc(NC=O)cn2c1. The van der Waals surface area contributed by atoms with Crippen LogP contribution in [-0.4, -0.2) is 25.8 Å². The topological polar surface area (TPSA) is 75.1 Å². The summed E-state index contributed by atoms with van der Waals surface area (Å²) in [6.07, 6.45) is 6.11. The van der Waals surface area contributed by atoms with Crippen molar-refractivity contribution in [3.05, 3.63) is 48.5 Å². The number of H-pyrrole nitrogens is 1. The summed E-state index contributed by atoms with van der Waals surface area (Å²) in [6.45, 7) is 2.07. The first-order chi connectivity index (χ1) is 10.8. The number of amides is 1. The number of hydrogen-bond acceptors (Lipinski definition) is 3. The summed E-state index contributed by atoms with van der Waals surface area (Å²) in [7, 11) is 0. The van der Waals surface area contributed by atoms with Gasteiger partial charge < -0.3 is 14.7 Å². The minimum atomic E-state index is 0.529. The molecule has 0 atom stereocenters. The Labute approximate surface area is 125 Å². The van der Waals surface area contributed by atoms with Crippen LogP contribution in [0, 0.1) is 6.92 Å². The molecule has 0 spiro atoms. The molecule has 3 aromatic heterocycles. The fourth-order valence-corrected chi connectivity index (χ4v) is 2.74. The summed E-state index contributed by atoms with van der Waals surface area (Å²) in [5.41, 5.74) is 6.04. The van der Waals surface area contributed by atoms with Gasteiger partial charge in [0, 0.05) is 17.3 Å². The number of aromatic amines is 1. The van der Waals surface area contributed by atoms with Gasteiger partial charge in [-0.3, -0.25) is 4.79 Å². The lowest BCUT2D eigenvalue weighted by molar-refractivity contribution is -0.105. The number of carbonyl (C=O) groups excluding carboxylic acids is 1. The van der Waals surface area contributed by atoms with Crippen molar-refractivity contribution in [3.63, 3.8) is 0 Å². The number of rotatable bonds is 3. The van der Waals surface area contributed by atoms with E-state index in [2.05, 4.69) is 33.3 Å². The first kappa shape index (κ1) is 12.6. The van der Waals surface area contributed by atoms with Gasteiger partial charge in [-0.2, -0.15) is 0 Å². The molecule has 0 fully saturated rings. The fraction of sp³-hybridized carbons (Fsp3) is 0.0625. The minimum Gasteiger partial charge on any atom is -0.345 e. The first-order valence-corrected chi connectivity index (χ1v) is 6.88. The van der Waals surface area contributed by atoms with Crippen LogP contribution >= 0.6 is 0 Å². The molecule has 2 N–H and O–H groups in total. The van der Waals surface area contributed by atoms with E-state index in [4.69, 9.17) is 0 Å². The van der Waals surface area contributed by atoms with Gasteiger partial charge in [0.1, 0.15) is 5.65 Å². The van der Waals surface area contributed by atoms with E-state index < -0.39 is 0 Å². The molecule has 3 heterocycles. The Bertz CT molecular complexity index is 998. The lowest BCUT2D eigenvalue weighted by atomic mass is 10.0. The number of nitrogens with one attached hydrogen (secondary N) is 2. The Morgan fingerprint density at radius 1 is 1.23 bits per heavy atom. The number of imidazole rings is 2. The molecule has 4 rings (SSSR count). The van der Waals surface area contributed by atoms with Crippen LogP contribution in [0.25, 0.3) is 27.8 Å². The zero-order valence-electron chi connectivity index (χ0n) is 11.9. The average Bonchev–Trinajstić information content (AvgIpc) is 3.12. The third kappa shape index (κ3) is 1.85. The lowest BCUT2D eigenvalue weighted by Crippen LogP contribution is -1.92. The molecule has 0 aliphatic rings. The van der Waals surface area contributed by atoms with Crippen LogP contribution in [0.4, 0.5) is 5.82 Å². The first-order valence-electron chi connectivity index (χ1n) is 6.88. The maximum absolute atomic E-state index is 10.5. The summed E-state index contributed by atoms with van der Waals surface area (Å²) in [5, 5.41) is 2.56. The minimum absolute atomic E-state index is 0.529. The van der Waals surface area contributed by atoms with E-state index in [9.17, 15) is 4.79 Å². The Hall–Kier alpha value is -3.15. The molecule has 6 heteroatoms. The molecule has 6 nitrogen and oxygen atoms in total. The molecule has 0 saturated heterocycles. The molecule has 1 amide bonds. The van der Waals surface area contributed by atoms with E-state index >= 15 is 0 Å². The number of anilines is 1. The standard InChI is InChI=1S/C16H13N5O/c1-10-2-4-12-16(18-8-17-12)15(10)11-3-5-14-20-13(19-9-22)7-21(14)6-11/h2-9H,1H3,(H,17,18)(H,19,22). The maximum Gasteiger partial charge on any atom is 0.212 e. The highest BCUT2D eigenvalue weighted by Gasteiger charge is 2.11. The Balaban J connectivity index is 1.94. The van der Waals surface area contributed by atoms with E-state index in [1.54, 1.807) is 12.5 Å². The van der Waals surface area contributed by atoms with E-state index in [1.807, 2.05) is 28.8 Å². The van der Waals surface area contributed by atoms with Crippen LogP contribution in [0.5, 0.6) is 0 Å². The van der Waals surface area contributed by atoms with Gasteiger partial charge in [-0.25, -0.2) is 9.97 Å². The highest BCUT2D eigenvalue weighted by molar-refractivity contribution is 5.93. The monoisotopic (exact) mass is 291 g/mol. The van der Waals surface area contributed by atoms with Crippen molar-refractivity contribution >= 4 is 28.9 Å². The van der Waals surface area contributed by atoms with Gasteiger partial charge in [0.15, 0.2) is 5.82 Å². The fourth-order valence-electron chi connectivity index (χ4n) is 2.74. The predicted molar refractivity (Wildman–Crippen MR) is 84.7 cm³/mol. The number of pyridine rings is 1. The molecule has 0 radical (unpaired) electrons. The zero-order valence-corrected chi connectivity index (χ0v) is 11.9. The molecular formula is C16H13N5O. The molecule has 0 aliphatic carbocycles. The molecule has 0 unspecified atom stereocenters. The highest BCUT2D eigenvalue weighted by atomic mass is 16.1. The number of benzene rings is 1. The molecule has 0 bridgehead atoms. The van der Waals surface area contributed by atoms with Crippen molar-refractivity contribution in [2.45, 2.75) is 6.92 Å². The predicted octanol–water partition coefficient (Wildman–Crippen LogP) is 2.75. The zero-order chi connectivity index (χ0) is 15.1. The van der Waals surface area contributed by atoms with Gasteiger partial charge >= 0.3 is 0 Å². The Morgan fingerprint density at radius 3 is 3.00 bits per heavy atom. The van der Waals surface area contributed by atoms with Gasteiger partial charge in [-0.05, 0) is 30.7 Å². The summed E-state index contributed by atoms with van der Waals surface area (Å²) in [4.78, 5) is 22.4. The number of carbonyl (C=O) groups is 1.